The minimum atomic E-state index is -1.51. The predicted molar refractivity (Wildman–Crippen MR) is 86.9 cm³/mol. The molecule has 22 heavy (non-hydrogen) atoms. The Hall–Kier alpha value is -1.71. The van der Waals surface area contributed by atoms with Gasteiger partial charge in [-0.3, -0.25) is 4.79 Å². The minimum Gasteiger partial charge on any atom is -0.326 e. The quantitative estimate of drug-likeness (QED) is 0.534. The van der Waals surface area contributed by atoms with E-state index in [9.17, 15) is 13.6 Å². The van der Waals surface area contributed by atoms with Crippen molar-refractivity contribution >= 4 is 11.6 Å². The number of carbonyl (C=O) groups excluding carboxylic acids is 1. The van der Waals surface area contributed by atoms with Gasteiger partial charge in [0.25, 0.3) is 6.08 Å². The normalized spacial score (nSPS) is 10.3. The molecule has 0 atom stereocenters. The van der Waals surface area contributed by atoms with Crippen LogP contribution in [0.4, 0.5) is 14.5 Å². The molecule has 0 spiro atoms. The summed E-state index contributed by atoms with van der Waals surface area (Å²) in [6.07, 6.45) is 4.46. The maximum absolute atomic E-state index is 12.4. The molecule has 1 aromatic carbocycles. The highest BCUT2D eigenvalue weighted by molar-refractivity contribution is 5.90. The molecule has 1 amide bonds. The van der Waals surface area contributed by atoms with Gasteiger partial charge in [0.15, 0.2) is 0 Å². The fraction of sp³-hybridized carbons (Fsp3) is 0.500. The standard InChI is InChI=1S/C18H25F2NO/c1-2-15(18(19)20)11-7-4-3-5-10-14-17(22)21-16-12-8-6-9-13-16/h6,8-9,12-13H,2-5,7,10-11,14H2,1H3,(H,21,22). The Morgan fingerprint density at radius 2 is 1.55 bits per heavy atom. The summed E-state index contributed by atoms with van der Waals surface area (Å²) in [5.74, 6) is 0.0295. The Morgan fingerprint density at radius 3 is 2.14 bits per heavy atom. The lowest BCUT2D eigenvalue weighted by atomic mass is 10.0. The second-order valence-corrected chi connectivity index (χ2v) is 5.40. The van der Waals surface area contributed by atoms with Crippen LogP contribution >= 0.6 is 0 Å². The van der Waals surface area contributed by atoms with Crippen LogP contribution in [0.25, 0.3) is 0 Å². The molecule has 0 fully saturated rings. The van der Waals surface area contributed by atoms with E-state index in [0.717, 1.165) is 37.8 Å². The Kier molecular flexibility index (Phi) is 9.12. The summed E-state index contributed by atoms with van der Waals surface area (Å²) in [6, 6.07) is 9.40. The van der Waals surface area contributed by atoms with E-state index in [1.54, 1.807) is 6.92 Å². The molecule has 0 saturated heterocycles. The largest absolute Gasteiger partial charge is 0.326 e. The summed E-state index contributed by atoms with van der Waals surface area (Å²) in [6.45, 7) is 1.76. The number of halogens is 2. The molecule has 0 radical (unpaired) electrons. The average molecular weight is 309 g/mol. The first-order valence-electron chi connectivity index (χ1n) is 8.01. The third kappa shape index (κ3) is 7.91. The van der Waals surface area contributed by atoms with E-state index in [1.165, 1.54) is 0 Å². The first-order valence-corrected chi connectivity index (χ1v) is 8.01. The van der Waals surface area contributed by atoms with Gasteiger partial charge in [-0.1, -0.05) is 44.4 Å². The first kappa shape index (κ1) is 18.3. The molecule has 0 unspecified atom stereocenters. The zero-order valence-electron chi connectivity index (χ0n) is 13.2. The summed E-state index contributed by atoms with van der Waals surface area (Å²) in [5.41, 5.74) is 1.10. The molecular formula is C18H25F2NO. The van der Waals surface area contributed by atoms with Crippen molar-refractivity contribution < 1.29 is 13.6 Å². The van der Waals surface area contributed by atoms with Crippen molar-refractivity contribution in [1.29, 1.82) is 0 Å². The zero-order chi connectivity index (χ0) is 16.2. The number of carbonyl (C=O) groups is 1. The molecule has 1 N–H and O–H groups in total. The monoisotopic (exact) mass is 309 g/mol. The second-order valence-electron chi connectivity index (χ2n) is 5.40. The molecule has 0 aromatic heterocycles. The van der Waals surface area contributed by atoms with Crippen molar-refractivity contribution in [3.8, 4) is 0 Å². The maximum atomic E-state index is 12.4. The molecule has 2 nitrogen and oxygen atoms in total. The van der Waals surface area contributed by atoms with Crippen LogP contribution in [0.5, 0.6) is 0 Å². The van der Waals surface area contributed by atoms with E-state index in [-0.39, 0.29) is 11.5 Å². The van der Waals surface area contributed by atoms with Crippen LogP contribution in [-0.4, -0.2) is 5.91 Å². The number of anilines is 1. The SMILES string of the molecule is CCC(CCCCCCCC(=O)Nc1ccccc1)=C(F)F. The van der Waals surface area contributed by atoms with Gasteiger partial charge < -0.3 is 5.32 Å². The molecule has 0 aliphatic carbocycles. The highest BCUT2D eigenvalue weighted by atomic mass is 19.3. The smallest absolute Gasteiger partial charge is 0.269 e. The number of hydrogen-bond donors (Lipinski definition) is 1. The predicted octanol–water partition coefficient (Wildman–Crippen LogP) is 5.92. The number of nitrogens with one attached hydrogen (secondary N) is 1. The average Bonchev–Trinajstić information content (AvgIpc) is 2.50. The Balaban J connectivity index is 2.04. The summed E-state index contributed by atoms with van der Waals surface area (Å²) in [4.78, 5) is 11.7. The van der Waals surface area contributed by atoms with Gasteiger partial charge in [-0.05, 0) is 43.4 Å². The van der Waals surface area contributed by atoms with E-state index in [4.69, 9.17) is 0 Å². The fourth-order valence-corrected chi connectivity index (χ4v) is 2.30. The summed E-state index contributed by atoms with van der Waals surface area (Å²) < 4.78 is 24.9. The van der Waals surface area contributed by atoms with E-state index in [0.29, 0.717) is 19.3 Å². The molecule has 0 bridgehead atoms. The number of benzene rings is 1. The van der Waals surface area contributed by atoms with Crippen LogP contribution < -0.4 is 5.32 Å². The number of amides is 1. The molecule has 4 heteroatoms. The number of allylic oxidation sites excluding steroid dienone is 1. The second kappa shape index (κ2) is 10.9. The van der Waals surface area contributed by atoms with E-state index >= 15 is 0 Å². The van der Waals surface area contributed by atoms with Gasteiger partial charge in [-0.2, -0.15) is 8.78 Å². The molecule has 122 valence electrons. The van der Waals surface area contributed by atoms with Crippen LogP contribution in [0.2, 0.25) is 0 Å². The molecular weight excluding hydrogens is 284 g/mol. The van der Waals surface area contributed by atoms with Crippen molar-refractivity contribution in [2.75, 3.05) is 5.32 Å². The maximum Gasteiger partial charge on any atom is 0.269 e. The lowest BCUT2D eigenvalue weighted by molar-refractivity contribution is -0.116. The Morgan fingerprint density at radius 1 is 0.955 bits per heavy atom. The van der Waals surface area contributed by atoms with Gasteiger partial charge in [0.05, 0.1) is 0 Å². The van der Waals surface area contributed by atoms with Crippen molar-refractivity contribution in [3.63, 3.8) is 0 Å². The van der Waals surface area contributed by atoms with E-state index in [2.05, 4.69) is 5.32 Å². The van der Waals surface area contributed by atoms with Crippen molar-refractivity contribution in [1.82, 2.24) is 0 Å². The van der Waals surface area contributed by atoms with Crippen LogP contribution in [-0.2, 0) is 4.79 Å². The highest BCUT2D eigenvalue weighted by Gasteiger charge is 2.04. The first-order chi connectivity index (χ1) is 10.6. The lowest BCUT2D eigenvalue weighted by Gasteiger charge is -2.05. The highest BCUT2D eigenvalue weighted by Crippen LogP contribution is 2.19. The van der Waals surface area contributed by atoms with Gasteiger partial charge in [0.1, 0.15) is 0 Å². The molecule has 1 aromatic rings. The zero-order valence-corrected chi connectivity index (χ0v) is 13.2. The van der Waals surface area contributed by atoms with Crippen LogP contribution in [0.1, 0.15) is 58.3 Å². The molecule has 1 rings (SSSR count). The number of rotatable bonds is 10. The summed E-state index contributed by atoms with van der Waals surface area (Å²) >= 11 is 0. The molecule has 0 saturated carbocycles. The lowest BCUT2D eigenvalue weighted by Crippen LogP contribution is -2.10. The summed E-state index contributed by atoms with van der Waals surface area (Å²) in [7, 11) is 0. The molecule has 0 aliphatic heterocycles. The van der Waals surface area contributed by atoms with E-state index in [1.807, 2.05) is 30.3 Å². The number of hydrogen-bond acceptors (Lipinski definition) is 1. The van der Waals surface area contributed by atoms with Crippen LogP contribution in [0.3, 0.4) is 0 Å². The minimum absolute atomic E-state index is 0.0295. The molecule has 0 aliphatic rings. The summed E-state index contributed by atoms with van der Waals surface area (Å²) in [5, 5.41) is 2.85. The third-order valence-corrected chi connectivity index (χ3v) is 3.63. The van der Waals surface area contributed by atoms with Crippen molar-refractivity contribution in [2.24, 2.45) is 0 Å². The van der Waals surface area contributed by atoms with Gasteiger partial charge in [-0.15, -0.1) is 0 Å². The Labute approximate surface area is 131 Å². The van der Waals surface area contributed by atoms with E-state index < -0.39 is 6.08 Å². The third-order valence-electron chi connectivity index (χ3n) is 3.63. The topological polar surface area (TPSA) is 29.1 Å². The van der Waals surface area contributed by atoms with Crippen molar-refractivity contribution in [3.05, 3.63) is 42.0 Å². The number of para-hydroxylation sites is 1. The fourth-order valence-electron chi connectivity index (χ4n) is 2.30. The van der Waals surface area contributed by atoms with Gasteiger partial charge in [-0.25, -0.2) is 0 Å². The molecule has 0 heterocycles. The van der Waals surface area contributed by atoms with Crippen molar-refractivity contribution in [2.45, 2.75) is 58.3 Å². The van der Waals surface area contributed by atoms with Crippen LogP contribution in [0, 0.1) is 0 Å². The van der Waals surface area contributed by atoms with Gasteiger partial charge in [0.2, 0.25) is 5.91 Å². The van der Waals surface area contributed by atoms with Gasteiger partial charge in [0, 0.05) is 12.1 Å². The van der Waals surface area contributed by atoms with Crippen LogP contribution in [0.15, 0.2) is 42.0 Å². The van der Waals surface area contributed by atoms with Gasteiger partial charge >= 0.3 is 0 Å². The Bertz CT molecular complexity index is 467. The number of unbranched alkanes of at least 4 members (excludes halogenated alkanes) is 4.